The summed E-state index contributed by atoms with van der Waals surface area (Å²) in [7, 11) is -3.66. The van der Waals surface area contributed by atoms with Crippen LogP contribution in [-0.2, 0) is 26.0 Å². The molecule has 0 saturated heterocycles. The lowest BCUT2D eigenvalue weighted by Crippen LogP contribution is -2.37. The van der Waals surface area contributed by atoms with E-state index in [9.17, 15) is 13.2 Å². The summed E-state index contributed by atoms with van der Waals surface area (Å²) in [5.41, 5.74) is 3.23. The molecule has 0 aliphatic heterocycles. The topological polar surface area (TPSA) is 66.5 Å². The van der Waals surface area contributed by atoms with Gasteiger partial charge in [0, 0.05) is 15.7 Å². The number of thioether (sulfide) groups is 1. The zero-order chi connectivity index (χ0) is 24.9. The van der Waals surface area contributed by atoms with Gasteiger partial charge in [-0.3, -0.25) is 9.10 Å². The Morgan fingerprint density at radius 2 is 1.59 bits per heavy atom. The highest BCUT2D eigenvalue weighted by molar-refractivity contribution is 7.98. The number of nitrogens with zero attached hydrogens (tertiary/aromatic N) is 1. The van der Waals surface area contributed by atoms with Crippen LogP contribution in [0.5, 0.6) is 0 Å². The van der Waals surface area contributed by atoms with Gasteiger partial charge in [-0.05, 0) is 52.9 Å². The molecule has 3 rings (SSSR count). The number of hydrogen-bond acceptors (Lipinski definition) is 4. The Kier molecular flexibility index (Phi) is 8.34. The van der Waals surface area contributed by atoms with Gasteiger partial charge in [-0.25, -0.2) is 8.42 Å². The van der Waals surface area contributed by atoms with Crippen molar-refractivity contribution in [2.45, 2.75) is 36.8 Å². The lowest BCUT2D eigenvalue weighted by molar-refractivity contribution is -0.114. The third kappa shape index (κ3) is 7.26. The molecular weight excluding hydrogens is 488 g/mol. The van der Waals surface area contributed by atoms with Gasteiger partial charge in [0.1, 0.15) is 6.54 Å². The summed E-state index contributed by atoms with van der Waals surface area (Å²) < 4.78 is 26.1. The number of nitrogens with one attached hydrogen (secondary N) is 1. The number of amides is 1. The van der Waals surface area contributed by atoms with Crippen LogP contribution in [0.25, 0.3) is 0 Å². The molecule has 1 amide bonds. The van der Waals surface area contributed by atoms with Crippen molar-refractivity contribution in [2.75, 3.05) is 22.4 Å². The summed E-state index contributed by atoms with van der Waals surface area (Å²) >= 11 is 7.54. The molecule has 0 aliphatic rings. The van der Waals surface area contributed by atoms with Crippen molar-refractivity contribution >= 4 is 50.7 Å². The van der Waals surface area contributed by atoms with Gasteiger partial charge in [0.25, 0.3) is 0 Å². The molecule has 180 valence electrons. The molecule has 0 spiro atoms. The number of rotatable bonds is 8. The van der Waals surface area contributed by atoms with Crippen LogP contribution in [0.15, 0.2) is 77.7 Å². The number of carbonyl (C=O) groups excluding carboxylic acids is 1. The maximum absolute atomic E-state index is 12.9. The quantitative estimate of drug-likeness (QED) is 0.355. The number of anilines is 2. The molecule has 0 heterocycles. The summed E-state index contributed by atoms with van der Waals surface area (Å²) in [4.78, 5) is 13.8. The van der Waals surface area contributed by atoms with Crippen molar-refractivity contribution in [1.29, 1.82) is 0 Å². The van der Waals surface area contributed by atoms with Crippen LogP contribution in [0, 0.1) is 0 Å². The number of halogens is 1. The lowest BCUT2D eigenvalue weighted by Gasteiger charge is -2.24. The molecule has 3 aromatic rings. The maximum atomic E-state index is 12.9. The molecule has 1 N–H and O–H groups in total. The third-order valence-corrected chi connectivity index (χ3v) is 7.71. The van der Waals surface area contributed by atoms with E-state index in [1.165, 1.54) is 0 Å². The van der Waals surface area contributed by atoms with E-state index in [2.05, 4.69) is 26.1 Å². The zero-order valence-corrected chi connectivity index (χ0v) is 22.1. The predicted octanol–water partition coefficient (Wildman–Crippen LogP) is 6.33. The smallest absolute Gasteiger partial charge is 0.245 e. The highest BCUT2D eigenvalue weighted by Crippen LogP contribution is 2.30. The predicted molar refractivity (Wildman–Crippen MR) is 143 cm³/mol. The van der Waals surface area contributed by atoms with Crippen LogP contribution in [-0.4, -0.2) is 27.1 Å². The van der Waals surface area contributed by atoms with Crippen LogP contribution in [0.1, 0.15) is 31.9 Å². The second kappa shape index (κ2) is 10.8. The van der Waals surface area contributed by atoms with Crippen molar-refractivity contribution in [2.24, 2.45) is 0 Å². The standard InChI is InChI=1S/C26H29ClN2O3S2/c1-26(2,3)20-11-15-22(16-12-20)29(34(4,31)32)17-25(30)28-23-7-5-6-8-24(23)33-18-19-9-13-21(27)14-10-19/h5-16H,17-18H2,1-4H3,(H,28,30). The Labute approximate surface area is 211 Å². The number of hydrogen-bond donors (Lipinski definition) is 1. The Bertz CT molecular complexity index is 1240. The summed E-state index contributed by atoms with van der Waals surface area (Å²) in [5, 5.41) is 3.56. The zero-order valence-electron chi connectivity index (χ0n) is 19.7. The van der Waals surface area contributed by atoms with E-state index in [0.717, 1.165) is 26.6 Å². The van der Waals surface area contributed by atoms with Crippen LogP contribution in [0.2, 0.25) is 5.02 Å². The average molecular weight is 517 g/mol. The molecule has 0 bridgehead atoms. The lowest BCUT2D eigenvalue weighted by atomic mass is 9.87. The van der Waals surface area contributed by atoms with Crippen molar-refractivity contribution < 1.29 is 13.2 Å². The minimum Gasteiger partial charge on any atom is -0.323 e. The monoisotopic (exact) mass is 516 g/mol. The molecular formula is C26H29ClN2O3S2. The largest absolute Gasteiger partial charge is 0.323 e. The number of para-hydroxylation sites is 1. The molecule has 34 heavy (non-hydrogen) atoms. The van der Waals surface area contributed by atoms with Gasteiger partial charge in [0.05, 0.1) is 17.6 Å². The van der Waals surface area contributed by atoms with Crippen LogP contribution >= 0.6 is 23.4 Å². The van der Waals surface area contributed by atoms with Crippen molar-refractivity contribution in [3.05, 3.63) is 88.9 Å². The average Bonchev–Trinajstić information content (AvgIpc) is 2.77. The molecule has 8 heteroatoms. The van der Waals surface area contributed by atoms with E-state index < -0.39 is 15.9 Å². The van der Waals surface area contributed by atoms with E-state index in [0.29, 0.717) is 22.2 Å². The van der Waals surface area contributed by atoms with Crippen molar-refractivity contribution in [1.82, 2.24) is 0 Å². The first kappa shape index (κ1) is 26.1. The Morgan fingerprint density at radius 3 is 2.18 bits per heavy atom. The van der Waals surface area contributed by atoms with Crippen molar-refractivity contribution in [3.8, 4) is 0 Å². The van der Waals surface area contributed by atoms with E-state index >= 15 is 0 Å². The van der Waals surface area contributed by atoms with E-state index in [4.69, 9.17) is 11.6 Å². The molecule has 0 aromatic heterocycles. The molecule has 5 nitrogen and oxygen atoms in total. The molecule has 3 aromatic carbocycles. The van der Waals surface area contributed by atoms with Crippen LogP contribution < -0.4 is 9.62 Å². The van der Waals surface area contributed by atoms with E-state index in [-0.39, 0.29) is 12.0 Å². The van der Waals surface area contributed by atoms with Gasteiger partial charge in [-0.15, -0.1) is 11.8 Å². The first-order chi connectivity index (χ1) is 15.9. The van der Waals surface area contributed by atoms with Crippen molar-refractivity contribution in [3.63, 3.8) is 0 Å². The summed E-state index contributed by atoms with van der Waals surface area (Å²) in [6.07, 6.45) is 1.11. The molecule has 0 radical (unpaired) electrons. The summed E-state index contributed by atoms with van der Waals surface area (Å²) in [6, 6.07) is 22.4. The van der Waals surface area contributed by atoms with Gasteiger partial charge in [0.2, 0.25) is 15.9 Å². The number of benzene rings is 3. The van der Waals surface area contributed by atoms with E-state index in [1.807, 2.05) is 60.7 Å². The Morgan fingerprint density at radius 1 is 0.971 bits per heavy atom. The normalized spacial score (nSPS) is 11.8. The van der Waals surface area contributed by atoms with Crippen LogP contribution in [0.3, 0.4) is 0 Å². The fraction of sp³-hybridized carbons (Fsp3) is 0.269. The minimum atomic E-state index is -3.66. The highest BCUT2D eigenvalue weighted by Gasteiger charge is 2.22. The Hall–Kier alpha value is -2.48. The number of sulfonamides is 1. The number of carbonyl (C=O) groups is 1. The second-order valence-electron chi connectivity index (χ2n) is 9.03. The van der Waals surface area contributed by atoms with Crippen LogP contribution in [0.4, 0.5) is 11.4 Å². The SMILES string of the molecule is CC(C)(C)c1ccc(N(CC(=O)Nc2ccccc2SCc2ccc(Cl)cc2)S(C)(=O)=O)cc1. The second-order valence-corrected chi connectivity index (χ2v) is 12.4. The Balaban J connectivity index is 1.73. The molecule has 0 atom stereocenters. The van der Waals surface area contributed by atoms with Gasteiger partial charge >= 0.3 is 0 Å². The van der Waals surface area contributed by atoms with Gasteiger partial charge in [-0.1, -0.05) is 68.8 Å². The molecule has 0 saturated carbocycles. The summed E-state index contributed by atoms with van der Waals surface area (Å²) in [6.45, 7) is 5.95. The molecule has 0 aliphatic carbocycles. The van der Waals surface area contributed by atoms with Gasteiger partial charge in [0.15, 0.2) is 0 Å². The summed E-state index contributed by atoms with van der Waals surface area (Å²) in [5.74, 6) is 0.296. The third-order valence-electron chi connectivity index (χ3n) is 5.18. The first-order valence-corrected chi connectivity index (χ1v) is 14.0. The molecule has 0 unspecified atom stereocenters. The maximum Gasteiger partial charge on any atom is 0.245 e. The first-order valence-electron chi connectivity index (χ1n) is 10.8. The highest BCUT2D eigenvalue weighted by atomic mass is 35.5. The fourth-order valence-corrected chi connectivity index (χ4v) is 5.23. The van der Waals surface area contributed by atoms with Gasteiger partial charge in [-0.2, -0.15) is 0 Å². The van der Waals surface area contributed by atoms with Gasteiger partial charge < -0.3 is 5.32 Å². The van der Waals surface area contributed by atoms with E-state index in [1.54, 1.807) is 23.9 Å². The fourth-order valence-electron chi connectivity index (χ4n) is 3.29. The minimum absolute atomic E-state index is 0.0563. The molecule has 0 fully saturated rings.